The average Bonchev–Trinajstić information content (AvgIpc) is 3.04. The lowest BCUT2D eigenvalue weighted by Crippen LogP contribution is -2.21. The smallest absolute Gasteiger partial charge is 0.253 e. The Hall–Kier alpha value is -2.95. The number of hydrogen-bond acceptors (Lipinski definition) is 4. The van der Waals surface area contributed by atoms with Crippen LogP contribution in [0.3, 0.4) is 0 Å². The summed E-state index contributed by atoms with van der Waals surface area (Å²) in [5.41, 5.74) is 3.43. The number of nitrogens with zero attached hydrogens (tertiary/aromatic N) is 3. The molecule has 3 aromatic rings. The molecular weight excluding hydrogens is 290 g/mol. The van der Waals surface area contributed by atoms with Gasteiger partial charge in [0.05, 0.1) is 0 Å². The van der Waals surface area contributed by atoms with Crippen LogP contribution >= 0.6 is 0 Å². The number of carbonyl (C=O) groups is 1. The number of amides is 1. The zero-order valence-electron chi connectivity index (χ0n) is 13.3. The van der Waals surface area contributed by atoms with E-state index >= 15 is 0 Å². The Morgan fingerprint density at radius 2 is 1.61 bits per heavy atom. The third-order valence-electron chi connectivity index (χ3n) is 3.48. The second-order valence-corrected chi connectivity index (χ2v) is 5.56. The molecule has 0 aliphatic carbocycles. The van der Waals surface area contributed by atoms with Gasteiger partial charge in [-0.3, -0.25) is 4.79 Å². The second kappa shape index (κ2) is 6.04. The maximum atomic E-state index is 11.9. The van der Waals surface area contributed by atoms with E-state index in [9.17, 15) is 4.79 Å². The summed E-state index contributed by atoms with van der Waals surface area (Å²) in [5.74, 6) is 0.880. The number of carbonyl (C=O) groups excluding carboxylic acids is 1. The Kier molecular flexibility index (Phi) is 3.93. The molecule has 1 heterocycles. The summed E-state index contributed by atoms with van der Waals surface area (Å²) < 4.78 is 5.74. The van der Waals surface area contributed by atoms with Crippen LogP contribution < -0.4 is 0 Å². The maximum Gasteiger partial charge on any atom is 0.253 e. The van der Waals surface area contributed by atoms with Crippen molar-refractivity contribution in [3.8, 4) is 22.9 Å². The molecule has 0 saturated carbocycles. The minimum Gasteiger partial charge on any atom is -0.416 e. The van der Waals surface area contributed by atoms with Crippen LogP contribution in [0.5, 0.6) is 0 Å². The summed E-state index contributed by atoms with van der Waals surface area (Å²) in [5, 5.41) is 8.19. The fourth-order valence-electron chi connectivity index (χ4n) is 2.25. The van der Waals surface area contributed by atoms with Crippen LogP contribution in [0.1, 0.15) is 15.9 Å². The van der Waals surface area contributed by atoms with Gasteiger partial charge in [0.25, 0.3) is 5.91 Å². The van der Waals surface area contributed by atoms with E-state index in [4.69, 9.17) is 4.42 Å². The van der Waals surface area contributed by atoms with Crippen LogP contribution in [-0.4, -0.2) is 35.1 Å². The highest BCUT2D eigenvalue weighted by Gasteiger charge is 2.12. The summed E-state index contributed by atoms with van der Waals surface area (Å²) in [6.45, 7) is 2.02. The first-order valence-corrected chi connectivity index (χ1v) is 7.27. The normalized spacial score (nSPS) is 10.6. The minimum absolute atomic E-state index is 0.0393. The van der Waals surface area contributed by atoms with Crippen molar-refractivity contribution in [1.29, 1.82) is 0 Å². The molecule has 0 unspecified atom stereocenters. The Morgan fingerprint density at radius 1 is 0.957 bits per heavy atom. The van der Waals surface area contributed by atoms with Crippen molar-refractivity contribution in [2.75, 3.05) is 14.1 Å². The molecule has 1 amide bonds. The number of aryl methyl sites for hydroxylation is 1. The standard InChI is InChI=1S/C18H17N3O2/c1-12-5-4-6-15(11-12)17-20-19-16(23-17)13-7-9-14(10-8-13)18(22)21(2)3/h4-11H,1-3H3. The molecule has 23 heavy (non-hydrogen) atoms. The molecule has 116 valence electrons. The Labute approximate surface area is 134 Å². The highest BCUT2D eigenvalue weighted by atomic mass is 16.4. The topological polar surface area (TPSA) is 59.2 Å². The van der Waals surface area contributed by atoms with Gasteiger partial charge in [-0.05, 0) is 43.3 Å². The number of benzene rings is 2. The molecule has 0 aliphatic heterocycles. The summed E-state index contributed by atoms with van der Waals surface area (Å²) >= 11 is 0. The maximum absolute atomic E-state index is 11.9. The van der Waals surface area contributed by atoms with Gasteiger partial charge in [0.2, 0.25) is 11.8 Å². The lowest BCUT2D eigenvalue weighted by Gasteiger charge is -2.09. The van der Waals surface area contributed by atoms with E-state index in [0.717, 1.165) is 16.7 Å². The van der Waals surface area contributed by atoms with E-state index in [0.29, 0.717) is 17.3 Å². The first-order valence-electron chi connectivity index (χ1n) is 7.27. The van der Waals surface area contributed by atoms with Crippen molar-refractivity contribution >= 4 is 5.91 Å². The van der Waals surface area contributed by atoms with Crippen LogP contribution in [0.25, 0.3) is 22.9 Å². The molecule has 5 nitrogen and oxygen atoms in total. The van der Waals surface area contributed by atoms with Gasteiger partial charge < -0.3 is 9.32 Å². The quantitative estimate of drug-likeness (QED) is 0.744. The fraction of sp³-hybridized carbons (Fsp3) is 0.167. The SMILES string of the molecule is Cc1cccc(-c2nnc(-c3ccc(C(=O)N(C)C)cc3)o2)c1. The summed E-state index contributed by atoms with van der Waals surface area (Å²) in [4.78, 5) is 13.4. The average molecular weight is 307 g/mol. The van der Waals surface area contributed by atoms with Crippen LogP contribution in [0.4, 0.5) is 0 Å². The summed E-state index contributed by atoms with van der Waals surface area (Å²) in [6.07, 6.45) is 0. The number of hydrogen-bond donors (Lipinski definition) is 0. The largest absolute Gasteiger partial charge is 0.416 e. The van der Waals surface area contributed by atoms with Crippen LogP contribution in [0.2, 0.25) is 0 Å². The molecule has 1 aromatic heterocycles. The zero-order chi connectivity index (χ0) is 16.4. The van der Waals surface area contributed by atoms with E-state index in [2.05, 4.69) is 10.2 Å². The van der Waals surface area contributed by atoms with Crippen LogP contribution in [-0.2, 0) is 0 Å². The van der Waals surface area contributed by atoms with E-state index in [1.165, 1.54) is 4.90 Å². The first-order chi connectivity index (χ1) is 11.0. The minimum atomic E-state index is -0.0393. The Morgan fingerprint density at radius 3 is 2.22 bits per heavy atom. The molecule has 5 heteroatoms. The van der Waals surface area contributed by atoms with Gasteiger partial charge in [0.15, 0.2) is 0 Å². The molecule has 0 saturated heterocycles. The van der Waals surface area contributed by atoms with Crippen molar-refractivity contribution < 1.29 is 9.21 Å². The number of aromatic nitrogens is 2. The van der Waals surface area contributed by atoms with Gasteiger partial charge in [-0.15, -0.1) is 10.2 Å². The molecule has 0 radical (unpaired) electrons. The lowest BCUT2D eigenvalue weighted by molar-refractivity contribution is 0.0827. The predicted octanol–water partition coefficient (Wildman–Crippen LogP) is 3.41. The molecule has 2 aromatic carbocycles. The Balaban J connectivity index is 1.87. The van der Waals surface area contributed by atoms with Gasteiger partial charge in [-0.2, -0.15) is 0 Å². The van der Waals surface area contributed by atoms with Gasteiger partial charge in [0.1, 0.15) is 0 Å². The monoisotopic (exact) mass is 307 g/mol. The molecule has 0 atom stereocenters. The van der Waals surface area contributed by atoms with Gasteiger partial charge in [0, 0.05) is 30.8 Å². The molecule has 0 aliphatic rings. The van der Waals surface area contributed by atoms with Gasteiger partial charge in [-0.25, -0.2) is 0 Å². The second-order valence-electron chi connectivity index (χ2n) is 5.56. The molecule has 3 rings (SSSR count). The fourth-order valence-corrected chi connectivity index (χ4v) is 2.25. The van der Waals surface area contributed by atoms with E-state index in [-0.39, 0.29) is 5.91 Å². The van der Waals surface area contributed by atoms with Crippen molar-refractivity contribution in [3.05, 3.63) is 59.7 Å². The zero-order valence-corrected chi connectivity index (χ0v) is 13.3. The van der Waals surface area contributed by atoms with Crippen molar-refractivity contribution in [2.24, 2.45) is 0 Å². The highest BCUT2D eigenvalue weighted by molar-refractivity contribution is 5.94. The molecular formula is C18H17N3O2. The van der Waals surface area contributed by atoms with E-state index < -0.39 is 0 Å². The van der Waals surface area contributed by atoms with Crippen molar-refractivity contribution in [1.82, 2.24) is 15.1 Å². The third kappa shape index (κ3) is 3.13. The van der Waals surface area contributed by atoms with E-state index in [1.807, 2.05) is 43.3 Å². The lowest BCUT2D eigenvalue weighted by atomic mass is 10.1. The van der Waals surface area contributed by atoms with Crippen molar-refractivity contribution in [3.63, 3.8) is 0 Å². The van der Waals surface area contributed by atoms with Gasteiger partial charge >= 0.3 is 0 Å². The molecule has 0 bridgehead atoms. The van der Waals surface area contributed by atoms with Gasteiger partial charge in [-0.1, -0.05) is 17.7 Å². The van der Waals surface area contributed by atoms with Crippen LogP contribution in [0, 0.1) is 6.92 Å². The van der Waals surface area contributed by atoms with Crippen molar-refractivity contribution in [2.45, 2.75) is 6.92 Å². The summed E-state index contributed by atoms with van der Waals surface area (Å²) in [6, 6.07) is 15.0. The first kappa shape index (κ1) is 15.0. The molecule has 0 fully saturated rings. The highest BCUT2D eigenvalue weighted by Crippen LogP contribution is 2.24. The predicted molar refractivity (Wildman–Crippen MR) is 87.9 cm³/mol. The molecule has 0 spiro atoms. The summed E-state index contributed by atoms with van der Waals surface area (Å²) in [7, 11) is 3.45. The third-order valence-corrected chi connectivity index (χ3v) is 3.48. The molecule has 0 N–H and O–H groups in total. The Bertz CT molecular complexity index is 835. The number of rotatable bonds is 3. The van der Waals surface area contributed by atoms with Crippen LogP contribution in [0.15, 0.2) is 52.9 Å². The van der Waals surface area contributed by atoms with E-state index in [1.54, 1.807) is 26.2 Å².